The molecule has 20 heavy (non-hydrogen) atoms. The highest BCUT2D eigenvalue weighted by atomic mass is 16.5. The fourth-order valence-corrected chi connectivity index (χ4v) is 2.71. The maximum atomic E-state index is 11.7. The third kappa shape index (κ3) is 3.68. The standard InChI is InChI=1S/C15H23N3O2/c1-4-20-14(19)13-9-17-15(18-11(13)3)16-8-12-6-5-10(2)7-12/h9-10,12H,4-8H2,1-3H3,(H,16,17,18). The maximum absolute atomic E-state index is 11.7. The van der Waals surface area contributed by atoms with Gasteiger partial charge in [0, 0.05) is 12.7 Å². The maximum Gasteiger partial charge on any atom is 0.341 e. The monoisotopic (exact) mass is 277 g/mol. The number of aryl methyl sites for hydroxylation is 1. The molecule has 0 amide bonds. The van der Waals surface area contributed by atoms with E-state index in [9.17, 15) is 4.79 Å². The van der Waals surface area contributed by atoms with Crippen molar-refractivity contribution in [3.63, 3.8) is 0 Å². The van der Waals surface area contributed by atoms with Gasteiger partial charge < -0.3 is 10.1 Å². The average molecular weight is 277 g/mol. The zero-order valence-electron chi connectivity index (χ0n) is 12.5. The minimum absolute atomic E-state index is 0.359. The minimum Gasteiger partial charge on any atom is -0.462 e. The molecular formula is C15H23N3O2. The summed E-state index contributed by atoms with van der Waals surface area (Å²) in [6.45, 7) is 7.15. The molecule has 0 radical (unpaired) electrons. The molecule has 5 heteroatoms. The van der Waals surface area contributed by atoms with Crippen LogP contribution in [0.25, 0.3) is 0 Å². The van der Waals surface area contributed by atoms with Gasteiger partial charge in [0.15, 0.2) is 0 Å². The van der Waals surface area contributed by atoms with E-state index in [4.69, 9.17) is 4.74 Å². The van der Waals surface area contributed by atoms with E-state index >= 15 is 0 Å². The second-order valence-electron chi connectivity index (χ2n) is 5.58. The van der Waals surface area contributed by atoms with E-state index in [0.29, 0.717) is 29.7 Å². The van der Waals surface area contributed by atoms with Crippen molar-refractivity contribution in [2.24, 2.45) is 11.8 Å². The molecule has 0 saturated heterocycles. The molecule has 2 unspecified atom stereocenters. The molecule has 2 rings (SSSR count). The van der Waals surface area contributed by atoms with Crippen LogP contribution in [0, 0.1) is 18.8 Å². The summed E-state index contributed by atoms with van der Waals surface area (Å²) in [5, 5.41) is 3.27. The molecule has 2 atom stereocenters. The molecule has 1 N–H and O–H groups in total. The quantitative estimate of drug-likeness (QED) is 0.838. The van der Waals surface area contributed by atoms with Gasteiger partial charge in [0.2, 0.25) is 5.95 Å². The first-order valence-corrected chi connectivity index (χ1v) is 7.34. The molecule has 0 spiro atoms. The van der Waals surface area contributed by atoms with Crippen LogP contribution < -0.4 is 5.32 Å². The molecule has 5 nitrogen and oxygen atoms in total. The molecule has 1 aliphatic carbocycles. The largest absolute Gasteiger partial charge is 0.462 e. The number of esters is 1. The number of ether oxygens (including phenoxy) is 1. The number of nitrogens with one attached hydrogen (secondary N) is 1. The molecule has 110 valence electrons. The second kappa shape index (κ2) is 6.68. The van der Waals surface area contributed by atoms with Crippen molar-refractivity contribution in [3.8, 4) is 0 Å². The van der Waals surface area contributed by atoms with E-state index in [2.05, 4.69) is 22.2 Å². The Balaban J connectivity index is 1.93. The van der Waals surface area contributed by atoms with Crippen molar-refractivity contribution < 1.29 is 9.53 Å². The van der Waals surface area contributed by atoms with Gasteiger partial charge in [0.1, 0.15) is 0 Å². The third-order valence-electron chi connectivity index (χ3n) is 3.83. The average Bonchev–Trinajstić information content (AvgIpc) is 2.82. The van der Waals surface area contributed by atoms with E-state index in [1.165, 1.54) is 19.3 Å². The number of aromatic nitrogens is 2. The van der Waals surface area contributed by atoms with Crippen LogP contribution in [0.5, 0.6) is 0 Å². The SMILES string of the molecule is CCOC(=O)c1cnc(NCC2CCC(C)C2)nc1C. The Morgan fingerprint density at radius 1 is 1.50 bits per heavy atom. The molecule has 1 fully saturated rings. The fourth-order valence-electron chi connectivity index (χ4n) is 2.71. The first-order valence-electron chi connectivity index (χ1n) is 7.34. The molecule has 0 aromatic carbocycles. The van der Waals surface area contributed by atoms with Gasteiger partial charge in [0.25, 0.3) is 0 Å². The van der Waals surface area contributed by atoms with E-state index in [0.717, 1.165) is 12.5 Å². The smallest absolute Gasteiger partial charge is 0.341 e. The Kier molecular flexibility index (Phi) is 4.93. The van der Waals surface area contributed by atoms with Crippen LogP contribution in [0.4, 0.5) is 5.95 Å². The molecule has 0 bridgehead atoms. The highest BCUT2D eigenvalue weighted by Crippen LogP contribution is 2.30. The summed E-state index contributed by atoms with van der Waals surface area (Å²) in [6, 6.07) is 0. The van der Waals surface area contributed by atoms with Crippen molar-refractivity contribution in [1.29, 1.82) is 0 Å². The number of hydrogen-bond acceptors (Lipinski definition) is 5. The zero-order chi connectivity index (χ0) is 14.5. The zero-order valence-corrected chi connectivity index (χ0v) is 12.5. The van der Waals surface area contributed by atoms with Crippen LogP contribution in [0.2, 0.25) is 0 Å². The normalized spacial score (nSPS) is 21.8. The Labute approximate surface area is 120 Å². The highest BCUT2D eigenvalue weighted by molar-refractivity contribution is 5.90. The topological polar surface area (TPSA) is 64.1 Å². The van der Waals surface area contributed by atoms with Gasteiger partial charge in [-0.2, -0.15) is 0 Å². The number of hydrogen-bond donors (Lipinski definition) is 1. The van der Waals surface area contributed by atoms with Gasteiger partial charge in [0.05, 0.1) is 17.9 Å². The van der Waals surface area contributed by atoms with E-state index in [-0.39, 0.29) is 5.97 Å². The van der Waals surface area contributed by atoms with Crippen molar-refractivity contribution >= 4 is 11.9 Å². The summed E-state index contributed by atoms with van der Waals surface area (Å²) in [4.78, 5) is 20.2. The lowest BCUT2D eigenvalue weighted by atomic mass is 10.1. The van der Waals surface area contributed by atoms with Gasteiger partial charge in [-0.15, -0.1) is 0 Å². The lowest BCUT2D eigenvalue weighted by molar-refractivity contribution is 0.0524. The Morgan fingerprint density at radius 2 is 2.30 bits per heavy atom. The van der Waals surface area contributed by atoms with Gasteiger partial charge >= 0.3 is 5.97 Å². The van der Waals surface area contributed by atoms with Crippen LogP contribution in [0.15, 0.2) is 6.20 Å². The summed E-state index contributed by atoms with van der Waals surface area (Å²) >= 11 is 0. The Hall–Kier alpha value is -1.65. The van der Waals surface area contributed by atoms with E-state index < -0.39 is 0 Å². The van der Waals surface area contributed by atoms with Crippen LogP contribution >= 0.6 is 0 Å². The van der Waals surface area contributed by atoms with E-state index in [1.807, 2.05) is 0 Å². The number of carbonyl (C=O) groups is 1. The highest BCUT2D eigenvalue weighted by Gasteiger charge is 2.21. The second-order valence-corrected chi connectivity index (χ2v) is 5.58. The molecule has 1 aromatic heterocycles. The van der Waals surface area contributed by atoms with Gasteiger partial charge in [-0.05, 0) is 38.5 Å². The summed E-state index contributed by atoms with van der Waals surface area (Å²) < 4.78 is 4.96. The van der Waals surface area contributed by atoms with Gasteiger partial charge in [-0.1, -0.05) is 13.3 Å². The summed E-state index contributed by atoms with van der Waals surface area (Å²) in [6.07, 6.45) is 5.40. The molecular weight excluding hydrogens is 254 g/mol. The van der Waals surface area contributed by atoms with Gasteiger partial charge in [-0.25, -0.2) is 14.8 Å². The Morgan fingerprint density at radius 3 is 2.90 bits per heavy atom. The van der Waals surface area contributed by atoms with E-state index in [1.54, 1.807) is 20.0 Å². The first-order chi connectivity index (χ1) is 9.60. The summed E-state index contributed by atoms with van der Waals surface area (Å²) in [5.41, 5.74) is 1.09. The van der Waals surface area contributed by atoms with Crippen LogP contribution in [0.3, 0.4) is 0 Å². The third-order valence-corrected chi connectivity index (χ3v) is 3.83. The van der Waals surface area contributed by atoms with Crippen molar-refractivity contribution in [2.45, 2.75) is 40.0 Å². The summed E-state index contributed by atoms with van der Waals surface area (Å²) in [5.74, 6) is 1.77. The van der Waals surface area contributed by atoms with Crippen molar-refractivity contribution in [2.75, 3.05) is 18.5 Å². The van der Waals surface area contributed by atoms with Crippen LogP contribution in [0.1, 0.15) is 49.2 Å². The fraction of sp³-hybridized carbons (Fsp3) is 0.667. The summed E-state index contributed by atoms with van der Waals surface area (Å²) in [7, 11) is 0. The lowest BCUT2D eigenvalue weighted by Gasteiger charge is -2.12. The number of carbonyl (C=O) groups excluding carboxylic acids is 1. The number of nitrogens with zero attached hydrogens (tertiary/aromatic N) is 2. The predicted octanol–water partition coefficient (Wildman–Crippen LogP) is 2.81. The predicted molar refractivity (Wildman–Crippen MR) is 77.7 cm³/mol. The molecule has 1 aliphatic rings. The molecule has 1 aromatic rings. The molecule has 1 saturated carbocycles. The van der Waals surface area contributed by atoms with Crippen molar-refractivity contribution in [3.05, 3.63) is 17.5 Å². The lowest BCUT2D eigenvalue weighted by Crippen LogP contribution is -2.15. The molecule has 1 heterocycles. The number of rotatable bonds is 5. The minimum atomic E-state index is -0.360. The molecule has 0 aliphatic heterocycles. The number of anilines is 1. The van der Waals surface area contributed by atoms with Crippen molar-refractivity contribution in [1.82, 2.24) is 9.97 Å². The van der Waals surface area contributed by atoms with Crippen LogP contribution in [-0.4, -0.2) is 29.1 Å². The first kappa shape index (κ1) is 14.8. The van der Waals surface area contributed by atoms with Gasteiger partial charge in [-0.3, -0.25) is 0 Å². The van der Waals surface area contributed by atoms with Crippen LogP contribution in [-0.2, 0) is 4.74 Å². The Bertz CT molecular complexity index is 476.